The average molecular weight is 361 g/mol. The first-order valence-corrected chi connectivity index (χ1v) is 8.14. The largest absolute Gasteiger partial charge is 0.275 e. The first-order chi connectivity index (χ1) is 11.1. The number of aryl methyl sites for hydroxylation is 1. The third-order valence-corrected chi connectivity index (χ3v) is 4.51. The second-order valence-electron chi connectivity index (χ2n) is 4.52. The fraction of sp³-hybridized carbons (Fsp3) is 0.0625. The van der Waals surface area contributed by atoms with Crippen LogP contribution in [0.5, 0.6) is 0 Å². The molecule has 7 heteroatoms. The van der Waals surface area contributed by atoms with Gasteiger partial charge in [0.2, 0.25) is 0 Å². The van der Waals surface area contributed by atoms with Crippen molar-refractivity contribution < 1.29 is 0 Å². The van der Waals surface area contributed by atoms with Gasteiger partial charge in [-0.15, -0.1) is 0 Å². The van der Waals surface area contributed by atoms with E-state index >= 15 is 0 Å². The molecule has 3 rings (SSSR count). The van der Waals surface area contributed by atoms with Gasteiger partial charge in [-0.3, -0.25) is 4.68 Å². The van der Waals surface area contributed by atoms with E-state index in [0.717, 1.165) is 10.5 Å². The monoisotopic (exact) mass is 360 g/mol. The van der Waals surface area contributed by atoms with Gasteiger partial charge in [0.05, 0.1) is 17.4 Å². The maximum atomic E-state index is 6.44. The molecule has 0 aliphatic heterocycles. The van der Waals surface area contributed by atoms with Crippen molar-refractivity contribution >= 4 is 35.0 Å². The first kappa shape index (κ1) is 15.9. The van der Waals surface area contributed by atoms with E-state index < -0.39 is 0 Å². The summed E-state index contributed by atoms with van der Waals surface area (Å²) in [6.45, 7) is 0. The highest BCUT2D eigenvalue weighted by atomic mass is 35.5. The molecule has 3 aromatic rings. The summed E-state index contributed by atoms with van der Waals surface area (Å²) >= 11 is 13.6. The third kappa shape index (κ3) is 4.05. The fourth-order valence-electron chi connectivity index (χ4n) is 1.77. The lowest BCUT2D eigenvalue weighted by Crippen LogP contribution is -1.88. The van der Waals surface area contributed by atoms with Crippen molar-refractivity contribution in [2.75, 3.05) is 0 Å². The minimum Gasteiger partial charge on any atom is -0.275 e. The van der Waals surface area contributed by atoms with E-state index in [-0.39, 0.29) is 0 Å². The first-order valence-electron chi connectivity index (χ1n) is 6.57. The van der Waals surface area contributed by atoms with Gasteiger partial charge in [0.25, 0.3) is 0 Å². The van der Waals surface area contributed by atoms with Crippen molar-refractivity contribution in [3.63, 3.8) is 0 Å². The Kier molecular flexibility index (Phi) is 4.87. The van der Waals surface area contributed by atoms with E-state index in [2.05, 4.69) is 26.9 Å². The Morgan fingerprint density at radius 3 is 2.65 bits per heavy atom. The third-order valence-electron chi connectivity index (χ3n) is 2.81. The summed E-state index contributed by atoms with van der Waals surface area (Å²) in [6, 6.07) is 7.54. The van der Waals surface area contributed by atoms with Crippen molar-refractivity contribution in [2.45, 2.75) is 9.92 Å². The van der Waals surface area contributed by atoms with Gasteiger partial charge < -0.3 is 0 Å². The Hall–Kier alpha value is -2.00. The van der Waals surface area contributed by atoms with Gasteiger partial charge in [-0.2, -0.15) is 5.10 Å². The van der Waals surface area contributed by atoms with Gasteiger partial charge in [0.1, 0.15) is 15.9 Å². The fourth-order valence-corrected chi connectivity index (χ4v) is 2.93. The lowest BCUT2D eigenvalue weighted by molar-refractivity contribution is 0.764. The number of hydrogen-bond acceptors (Lipinski definition) is 4. The van der Waals surface area contributed by atoms with E-state index in [1.54, 1.807) is 10.9 Å². The van der Waals surface area contributed by atoms with Gasteiger partial charge in [0, 0.05) is 23.7 Å². The van der Waals surface area contributed by atoms with Crippen LogP contribution < -0.4 is 0 Å². The Labute approximate surface area is 147 Å². The zero-order valence-electron chi connectivity index (χ0n) is 12.0. The molecule has 0 unspecified atom stereocenters. The van der Waals surface area contributed by atoms with Crippen LogP contribution in [0.15, 0.2) is 52.8 Å². The Morgan fingerprint density at radius 2 is 1.96 bits per heavy atom. The van der Waals surface area contributed by atoms with Crippen molar-refractivity contribution in [3.05, 3.63) is 64.3 Å². The molecule has 0 aliphatic rings. The van der Waals surface area contributed by atoms with E-state index in [1.807, 2.05) is 37.5 Å². The zero-order chi connectivity index (χ0) is 16.2. The quantitative estimate of drug-likeness (QED) is 0.646. The van der Waals surface area contributed by atoms with Crippen LogP contribution >= 0.6 is 35.0 Å². The lowest BCUT2D eigenvalue weighted by atomic mass is 10.2. The second-order valence-corrected chi connectivity index (χ2v) is 6.35. The van der Waals surface area contributed by atoms with Gasteiger partial charge in [0.15, 0.2) is 0 Å². The highest BCUT2D eigenvalue weighted by molar-refractivity contribution is 7.99. The van der Waals surface area contributed by atoms with Gasteiger partial charge >= 0.3 is 0 Å². The standard InChI is InChI=1S/C16H10Cl2N4S/c1-22-8-7-12(21-22)6-5-11-3-2-4-13(16(11)18)23-15-10-19-14(17)9-20-15/h2-4,7-10H,1H3. The molecule has 2 aromatic heterocycles. The smallest absolute Gasteiger partial charge is 0.147 e. The normalized spacial score (nSPS) is 10.2. The molecule has 0 spiro atoms. The van der Waals surface area contributed by atoms with Crippen LogP contribution in [0.2, 0.25) is 10.2 Å². The summed E-state index contributed by atoms with van der Waals surface area (Å²) in [7, 11) is 1.85. The highest BCUT2D eigenvalue weighted by Crippen LogP contribution is 2.33. The molecule has 0 atom stereocenters. The average Bonchev–Trinajstić information content (AvgIpc) is 2.96. The van der Waals surface area contributed by atoms with Gasteiger partial charge in [-0.1, -0.05) is 47.0 Å². The summed E-state index contributed by atoms with van der Waals surface area (Å²) in [5.41, 5.74) is 1.44. The maximum Gasteiger partial charge on any atom is 0.147 e. The summed E-state index contributed by atoms with van der Waals surface area (Å²) in [5, 5.41) is 5.87. The molecule has 4 nitrogen and oxygen atoms in total. The molecule has 0 radical (unpaired) electrons. The van der Waals surface area contributed by atoms with Crippen molar-refractivity contribution in [1.82, 2.24) is 19.7 Å². The number of rotatable bonds is 2. The molecular weight excluding hydrogens is 351 g/mol. The Morgan fingerprint density at radius 1 is 1.09 bits per heavy atom. The minimum absolute atomic E-state index is 0.357. The van der Waals surface area contributed by atoms with Crippen molar-refractivity contribution in [3.8, 4) is 11.8 Å². The van der Waals surface area contributed by atoms with E-state index in [1.165, 1.54) is 18.0 Å². The molecule has 2 heterocycles. The number of halogens is 2. The van der Waals surface area contributed by atoms with Crippen LogP contribution in [0.1, 0.15) is 11.3 Å². The molecule has 0 amide bonds. The van der Waals surface area contributed by atoms with Crippen LogP contribution in [0.3, 0.4) is 0 Å². The lowest BCUT2D eigenvalue weighted by Gasteiger charge is -2.04. The van der Waals surface area contributed by atoms with Gasteiger partial charge in [-0.25, -0.2) is 9.97 Å². The predicted molar refractivity (Wildman–Crippen MR) is 91.8 cm³/mol. The van der Waals surface area contributed by atoms with Crippen molar-refractivity contribution in [1.29, 1.82) is 0 Å². The Balaban J connectivity index is 1.86. The van der Waals surface area contributed by atoms with E-state index in [4.69, 9.17) is 23.2 Å². The second kappa shape index (κ2) is 7.05. The highest BCUT2D eigenvalue weighted by Gasteiger charge is 2.07. The van der Waals surface area contributed by atoms with Gasteiger partial charge in [-0.05, 0) is 24.1 Å². The van der Waals surface area contributed by atoms with Crippen LogP contribution in [-0.2, 0) is 7.05 Å². The van der Waals surface area contributed by atoms with Crippen molar-refractivity contribution in [2.24, 2.45) is 7.05 Å². The molecule has 0 aliphatic carbocycles. The molecule has 0 saturated carbocycles. The number of nitrogens with zero attached hydrogens (tertiary/aromatic N) is 4. The summed E-state index contributed by atoms with van der Waals surface area (Å²) in [5.74, 6) is 6.05. The predicted octanol–water partition coefficient (Wildman–Crippen LogP) is 4.07. The minimum atomic E-state index is 0.357. The zero-order valence-corrected chi connectivity index (χ0v) is 14.3. The number of hydrogen-bond donors (Lipinski definition) is 0. The van der Waals surface area contributed by atoms with Crippen LogP contribution in [0, 0.1) is 11.8 Å². The molecule has 0 bridgehead atoms. The topological polar surface area (TPSA) is 43.6 Å². The van der Waals surface area contributed by atoms with Crippen LogP contribution in [0.25, 0.3) is 0 Å². The molecule has 1 aromatic carbocycles. The summed E-state index contributed by atoms with van der Waals surface area (Å²) in [6.07, 6.45) is 4.95. The molecule has 0 fully saturated rings. The molecular formula is C16H10Cl2N4S. The van der Waals surface area contributed by atoms with Crippen LogP contribution in [0.4, 0.5) is 0 Å². The van der Waals surface area contributed by atoms with E-state index in [0.29, 0.717) is 20.9 Å². The Bertz CT molecular complexity index is 894. The van der Waals surface area contributed by atoms with E-state index in [9.17, 15) is 0 Å². The summed E-state index contributed by atoms with van der Waals surface area (Å²) in [4.78, 5) is 9.07. The molecule has 23 heavy (non-hydrogen) atoms. The number of aromatic nitrogens is 4. The molecule has 114 valence electrons. The molecule has 0 saturated heterocycles. The number of benzene rings is 1. The SMILES string of the molecule is Cn1ccc(C#Cc2cccc(Sc3cnc(Cl)cn3)c2Cl)n1. The van der Waals surface area contributed by atoms with Crippen LogP contribution in [-0.4, -0.2) is 19.7 Å². The summed E-state index contributed by atoms with van der Waals surface area (Å²) < 4.78 is 1.71. The maximum absolute atomic E-state index is 6.44. The molecule has 0 N–H and O–H groups in total.